The molecule has 22 heavy (non-hydrogen) atoms. The Morgan fingerprint density at radius 2 is 2.05 bits per heavy atom. The van der Waals surface area contributed by atoms with Crippen molar-refractivity contribution in [2.75, 3.05) is 13.1 Å². The van der Waals surface area contributed by atoms with Crippen molar-refractivity contribution in [1.29, 1.82) is 0 Å². The molecule has 7 nitrogen and oxygen atoms in total. The van der Waals surface area contributed by atoms with E-state index in [0.29, 0.717) is 17.4 Å². The van der Waals surface area contributed by atoms with Gasteiger partial charge in [0.1, 0.15) is 6.54 Å². The van der Waals surface area contributed by atoms with Crippen molar-refractivity contribution < 1.29 is 14.7 Å². The van der Waals surface area contributed by atoms with Gasteiger partial charge in [-0.15, -0.1) is 0 Å². The van der Waals surface area contributed by atoms with Crippen LogP contribution in [0.2, 0.25) is 0 Å². The maximum atomic E-state index is 12.3. The molecule has 2 rings (SSSR count). The van der Waals surface area contributed by atoms with E-state index >= 15 is 0 Å². The van der Waals surface area contributed by atoms with Gasteiger partial charge in [0.15, 0.2) is 0 Å². The van der Waals surface area contributed by atoms with Crippen LogP contribution in [0.5, 0.6) is 0 Å². The van der Waals surface area contributed by atoms with Crippen LogP contribution in [0.15, 0.2) is 35.4 Å². The van der Waals surface area contributed by atoms with Crippen molar-refractivity contribution in [3.8, 4) is 0 Å². The zero-order valence-corrected chi connectivity index (χ0v) is 12.2. The zero-order valence-electron chi connectivity index (χ0n) is 12.2. The van der Waals surface area contributed by atoms with Gasteiger partial charge < -0.3 is 10.0 Å². The van der Waals surface area contributed by atoms with Crippen molar-refractivity contribution in [1.82, 2.24) is 14.5 Å². The maximum absolute atomic E-state index is 12.3. The van der Waals surface area contributed by atoms with Crippen LogP contribution < -0.4 is 5.56 Å². The second-order valence-corrected chi connectivity index (χ2v) is 4.81. The summed E-state index contributed by atoms with van der Waals surface area (Å²) in [6, 6.07) is 6.92. The molecule has 1 heterocycles. The summed E-state index contributed by atoms with van der Waals surface area (Å²) in [5.41, 5.74) is 0.294. The molecule has 2 aromatic rings. The first-order valence-corrected chi connectivity index (χ1v) is 6.96. The van der Waals surface area contributed by atoms with E-state index in [0.717, 1.165) is 0 Å². The number of fused-ring (bicyclic) bond motifs is 1. The number of para-hydroxylation sites is 1. The molecule has 7 heteroatoms. The normalized spacial score (nSPS) is 10.6. The van der Waals surface area contributed by atoms with Gasteiger partial charge >= 0.3 is 5.97 Å². The van der Waals surface area contributed by atoms with Crippen molar-refractivity contribution in [2.45, 2.75) is 19.9 Å². The molecule has 0 spiro atoms. The molecule has 0 aliphatic rings. The van der Waals surface area contributed by atoms with Gasteiger partial charge in [-0.2, -0.15) is 0 Å². The average Bonchev–Trinajstić information content (AvgIpc) is 2.50. The highest BCUT2D eigenvalue weighted by molar-refractivity contribution is 5.79. The SMILES string of the molecule is CCN(CCC(=O)O)C(=O)Cn1cnc2ccccc2c1=O. The van der Waals surface area contributed by atoms with Crippen LogP contribution in [0.1, 0.15) is 13.3 Å². The Kier molecular flexibility index (Phi) is 4.88. The summed E-state index contributed by atoms with van der Waals surface area (Å²) in [5.74, 6) is -1.27. The average molecular weight is 303 g/mol. The van der Waals surface area contributed by atoms with Crippen molar-refractivity contribution in [3.05, 3.63) is 40.9 Å². The lowest BCUT2D eigenvalue weighted by Crippen LogP contribution is -2.37. The number of benzene rings is 1. The molecule has 1 aromatic heterocycles. The molecule has 0 radical (unpaired) electrons. The van der Waals surface area contributed by atoms with Crippen LogP contribution in [0.25, 0.3) is 10.9 Å². The number of carbonyl (C=O) groups is 2. The van der Waals surface area contributed by atoms with Crippen LogP contribution >= 0.6 is 0 Å². The van der Waals surface area contributed by atoms with E-state index in [9.17, 15) is 14.4 Å². The molecule has 0 bridgehead atoms. The van der Waals surface area contributed by atoms with E-state index in [2.05, 4.69) is 4.98 Å². The molecule has 0 fully saturated rings. The molecule has 1 N–H and O–H groups in total. The minimum absolute atomic E-state index is 0.121. The van der Waals surface area contributed by atoms with Crippen LogP contribution in [-0.4, -0.2) is 44.5 Å². The summed E-state index contributed by atoms with van der Waals surface area (Å²) in [4.78, 5) is 40.7. The van der Waals surface area contributed by atoms with Gasteiger partial charge in [-0.25, -0.2) is 4.98 Å². The van der Waals surface area contributed by atoms with Gasteiger partial charge in [-0.1, -0.05) is 12.1 Å². The van der Waals surface area contributed by atoms with E-state index in [1.54, 1.807) is 31.2 Å². The number of carboxylic acid groups (broad SMARTS) is 1. The Balaban J connectivity index is 2.19. The fourth-order valence-corrected chi connectivity index (χ4v) is 2.15. The third-order valence-electron chi connectivity index (χ3n) is 3.37. The number of aromatic nitrogens is 2. The summed E-state index contributed by atoms with van der Waals surface area (Å²) in [7, 11) is 0. The highest BCUT2D eigenvalue weighted by Crippen LogP contribution is 2.05. The number of nitrogens with zero attached hydrogens (tertiary/aromatic N) is 3. The first kappa shape index (κ1) is 15.7. The second kappa shape index (κ2) is 6.84. The minimum Gasteiger partial charge on any atom is -0.481 e. The summed E-state index contributed by atoms with van der Waals surface area (Å²) in [6.07, 6.45) is 1.22. The van der Waals surface area contributed by atoms with E-state index in [1.165, 1.54) is 15.8 Å². The number of likely N-dealkylation sites (N-methyl/N-ethyl adjacent to an activating group) is 1. The van der Waals surface area contributed by atoms with E-state index < -0.39 is 5.97 Å². The van der Waals surface area contributed by atoms with Crippen LogP contribution in [0, 0.1) is 0 Å². The molecular formula is C15H17N3O4. The van der Waals surface area contributed by atoms with E-state index in [4.69, 9.17) is 5.11 Å². The predicted molar refractivity (Wildman–Crippen MR) is 80.5 cm³/mol. The number of carbonyl (C=O) groups excluding carboxylic acids is 1. The molecule has 0 saturated heterocycles. The fourth-order valence-electron chi connectivity index (χ4n) is 2.15. The monoisotopic (exact) mass is 303 g/mol. The van der Waals surface area contributed by atoms with Crippen molar-refractivity contribution in [3.63, 3.8) is 0 Å². The van der Waals surface area contributed by atoms with E-state index in [1.807, 2.05) is 0 Å². The standard InChI is InChI=1S/C15H17N3O4/c1-2-17(8-7-14(20)21)13(19)9-18-10-16-12-6-4-3-5-11(12)15(18)22/h3-6,10H,2,7-9H2,1H3,(H,20,21). The van der Waals surface area contributed by atoms with Crippen LogP contribution in [-0.2, 0) is 16.1 Å². The van der Waals surface area contributed by atoms with Crippen LogP contribution in [0.3, 0.4) is 0 Å². The predicted octanol–water partition coefficient (Wildman–Crippen LogP) is 0.720. The molecule has 116 valence electrons. The second-order valence-electron chi connectivity index (χ2n) is 4.81. The first-order valence-electron chi connectivity index (χ1n) is 6.96. The quantitative estimate of drug-likeness (QED) is 0.849. The highest BCUT2D eigenvalue weighted by atomic mass is 16.4. The number of amides is 1. The Labute approximate surface area is 126 Å². The van der Waals surface area contributed by atoms with Gasteiger partial charge in [-0.3, -0.25) is 19.0 Å². The summed E-state index contributed by atoms with van der Waals surface area (Å²) < 4.78 is 1.24. The summed E-state index contributed by atoms with van der Waals surface area (Å²) in [5, 5.41) is 9.14. The van der Waals surface area contributed by atoms with Gasteiger partial charge in [0.25, 0.3) is 5.56 Å². The molecule has 1 amide bonds. The van der Waals surface area contributed by atoms with Crippen molar-refractivity contribution in [2.24, 2.45) is 0 Å². The maximum Gasteiger partial charge on any atom is 0.305 e. The fraction of sp³-hybridized carbons (Fsp3) is 0.333. The Morgan fingerprint density at radius 1 is 1.32 bits per heavy atom. The summed E-state index contributed by atoms with van der Waals surface area (Å²) >= 11 is 0. The Bertz CT molecular complexity index is 754. The Hall–Kier alpha value is -2.70. The third kappa shape index (κ3) is 3.49. The molecular weight excluding hydrogens is 286 g/mol. The lowest BCUT2D eigenvalue weighted by molar-refractivity contribution is -0.138. The molecule has 0 unspecified atom stereocenters. The van der Waals surface area contributed by atoms with Crippen LogP contribution in [0.4, 0.5) is 0 Å². The molecule has 0 aliphatic heterocycles. The molecule has 0 atom stereocenters. The number of carboxylic acids is 1. The lowest BCUT2D eigenvalue weighted by Gasteiger charge is -2.20. The van der Waals surface area contributed by atoms with Gasteiger partial charge in [0.05, 0.1) is 23.7 Å². The van der Waals surface area contributed by atoms with E-state index in [-0.39, 0.29) is 31.0 Å². The number of rotatable bonds is 6. The van der Waals surface area contributed by atoms with Crippen molar-refractivity contribution >= 4 is 22.8 Å². The van der Waals surface area contributed by atoms with Gasteiger partial charge in [0, 0.05) is 13.1 Å². The smallest absolute Gasteiger partial charge is 0.305 e. The highest BCUT2D eigenvalue weighted by Gasteiger charge is 2.15. The van der Waals surface area contributed by atoms with Gasteiger partial charge in [-0.05, 0) is 19.1 Å². The largest absolute Gasteiger partial charge is 0.481 e. The molecule has 0 aliphatic carbocycles. The molecule has 1 aromatic carbocycles. The number of aliphatic carboxylic acids is 1. The Morgan fingerprint density at radius 3 is 2.73 bits per heavy atom. The first-order chi connectivity index (χ1) is 10.5. The zero-order chi connectivity index (χ0) is 16.1. The summed E-state index contributed by atoms with van der Waals surface area (Å²) in [6.45, 7) is 2.13. The minimum atomic E-state index is -0.962. The lowest BCUT2D eigenvalue weighted by atomic mass is 10.2. The number of hydrogen-bond donors (Lipinski definition) is 1. The topological polar surface area (TPSA) is 92.5 Å². The van der Waals surface area contributed by atoms with Gasteiger partial charge in [0.2, 0.25) is 5.91 Å². The number of hydrogen-bond acceptors (Lipinski definition) is 4. The molecule has 0 saturated carbocycles. The third-order valence-corrected chi connectivity index (χ3v) is 3.37.